The fraction of sp³-hybridized carbons (Fsp3) is 0.562. The van der Waals surface area contributed by atoms with Gasteiger partial charge in [-0.1, -0.05) is 87.8 Å². The Kier molecular flexibility index (Phi) is 5.23. The Morgan fingerprint density at radius 1 is 0.914 bits per heavy atom. The number of hydrogen-bond donors (Lipinski definition) is 0. The minimum absolute atomic E-state index is 0.00218. The van der Waals surface area contributed by atoms with Gasteiger partial charge in [0.15, 0.2) is 11.0 Å². The largest absolute Gasteiger partial charge is 0.297 e. The third-order valence-corrected chi connectivity index (χ3v) is 9.11. The van der Waals surface area contributed by atoms with Gasteiger partial charge in [-0.25, -0.2) is 4.57 Å². The minimum atomic E-state index is -0.0153. The summed E-state index contributed by atoms with van der Waals surface area (Å²) in [6.45, 7) is 23.6. The highest BCUT2D eigenvalue weighted by Crippen LogP contribution is 2.53. The highest BCUT2D eigenvalue weighted by Gasteiger charge is 2.57. The molecule has 186 valence electrons. The lowest BCUT2D eigenvalue weighted by atomic mass is 9.59. The van der Waals surface area contributed by atoms with Crippen molar-refractivity contribution in [3.8, 4) is 0 Å². The van der Waals surface area contributed by atoms with Crippen LogP contribution in [0.15, 0.2) is 36.4 Å². The molecule has 5 rings (SSSR count). The first-order chi connectivity index (χ1) is 16.4. The Balaban J connectivity index is 2.18. The second-order valence-electron chi connectivity index (χ2n) is 13.1. The van der Waals surface area contributed by atoms with Gasteiger partial charge >= 0.3 is 0 Å². The molecule has 4 heterocycles. The van der Waals surface area contributed by atoms with Crippen LogP contribution < -0.4 is 4.57 Å². The van der Waals surface area contributed by atoms with E-state index < -0.39 is 0 Å². The van der Waals surface area contributed by atoms with Crippen LogP contribution in [0.2, 0.25) is 0 Å². The van der Waals surface area contributed by atoms with E-state index in [1.807, 2.05) is 0 Å². The summed E-state index contributed by atoms with van der Waals surface area (Å²) in [6, 6.07) is 13.9. The molecule has 4 aromatic rings. The highest BCUT2D eigenvalue weighted by molar-refractivity contribution is 5.98. The number of para-hydroxylation sites is 2. The predicted molar refractivity (Wildman–Crippen MR) is 149 cm³/mol. The van der Waals surface area contributed by atoms with Gasteiger partial charge in [-0.3, -0.25) is 4.98 Å². The second-order valence-corrected chi connectivity index (χ2v) is 13.1. The summed E-state index contributed by atoms with van der Waals surface area (Å²) in [5.41, 5.74) is 9.18. The summed E-state index contributed by atoms with van der Waals surface area (Å²) in [5.74, 6) is 0. The van der Waals surface area contributed by atoms with E-state index in [4.69, 9.17) is 4.98 Å². The molecule has 0 bridgehead atoms. The van der Waals surface area contributed by atoms with Crippen LogP contribution in [0.1, 0.15) is 112 Å². The SMILES string of the molecule is CCCC1(CC)[n+]2c3ccccc3n3c(C(C)(C)C)cc4nc(C(C)(C)C)cc(c4c32)C1(C)CC. The molecule has 3 aromatic heterocycles. The van der Waals surface area contributed by atoms with Crippen molar-refractivity contribution in [3.63, 3.8) is 0 Å². The molecule has 1 aromatic carbocycles. The number of fused-ring (bicyclic) bond motifs is 3. The number of pyridine rings is 2. The van der Waals surface area contributed by atoms with Crippen molar-refractivity contribution in [3.05, 3.63) is 53.3 Å². The molecule has 0 radical (unpaired) electrons. The van der Waals surface area contributed by atoms with E-state index in [2.05, 4.69) is 115 Å². The zero-order valence-electron chi connectivity index (χ0n) is 23.6. The monoisotopic (exact) mass is 470 g/mol. The summed E-state index contributed by atoms with van der Waals surface area (Å²) in [7, 11) is 0. The topological polar surface area (TPSA) is 21.2 Å². The number of benzene rings is 1. The van der Waals surface area contributed by atoms with Crippen molar-refractivity contribution in [1.29, 1.82) is 0 Å². The van der Waals surface area contributed by atoms with E-state index in [-0.39, 0.29) is 21.8 Å². The lowest BCUT2D eigenvalue weighted by Gasteiger charge is -2.49. The maximum Gasteiger partial charge on any atom is 0.297 e. The number of nitrogens with zero attached hydrogens (tertiary/aromatic N) is 3. The predicted octanol–water partition coefficient (Wildman–Crippen LogP) is 8.11. The van der Waals surface area contributed by atoms with Crippen molar-refractivity contribution >= 4 is 27.6 Å². The summed E-state index contributed by atoms with van der Waals surface area (Å²) >= 11 is 0. The van der Waals surface area contributed by atoms with Crippen molar-refractivity contribution in [2.45, 2.75) is 117 Å². The maximum absolute atomic E-state index is 5.37. The van der Waals surface area contributed by atoms with Crippen LogP contribution in [-0.4, -0.2) is 9.38 Å². The van der Waals surface area contributed by atoms with Gasteiger partial charge in [0.25, 0.3) is 5.65 Å². The standard InChI is InChI=1S/C32H44N3/c1-11-18-32(13-3)31(10,12-2)21-19-25(29(4,5)6)33-22-20-26(30(7,8)9)34-23-16-14-15-17-24(23)35(32)28(34)27(21)22/h14-17,19-20H,11-13,18H2,1-10H3/q+1. The summed E-state index contributed by atoms with van der Waals surface area (Å²) in [4.78, 5) is 5.37. The Morgan fingerprint density at radius 3 is 2.17 bits per heavy atom. The third-order valence-electron chi connectivity index (χ3n) is 9.11. The highest BCUT2D eigenvalue weighted by atomic mass is 15.2. The van der Waals surface area contributed by atoms with E-state index in [0.29, 0.717) is 0 Å². The lowest BCUT2D eigenvalue weighted by Crippen LogP contribution is -2.68. The van der Waals surface area contributed by atoms with Crippen LogP contribution in [0, 0.1) is 0 Å². The molecule has 0 fully saturated rings. The van der Waals surface area contributed by atoms with E-state index >= 15 is 0 Å². The molecule has 0 N–H and O–H groups in total. The molecule has 1 aliphatic heterocycles. The number of hydrogen-bond acceptors (Lipinski definition) is 1. The molecular weight excluding hydrogens is 426 g/mol. The Hall–Kier alpha value is -2.42. The number of imidazole rings is 1. The first-order valence-corrected chi connectivity index (χ1v) is 13.7. The van der Waals surface area contributed by atoms with Gasteiger partial charge in [-0.2, -0.15) is 4.40 Å². The first kappa shape index (κ1) is 24.3. The van der Waals surface area contributed by atoms with Crippen molar-refractivity contribution < 1.29 is 4.57 Å². The average Bonchev–Trinajstić information content (AvgIpc) is 3.15. The van der Waals surface area contributed by atoms with Gasteiger partial charge in [0, 0.05) is 28.0 Å². The van der Waals surface area contributed by atoms with Gasteiger partial charge in [-0.05, 0) is 43.0 Å². The van der Waals surface area contributed by atoms with Crippen LogP contribution in [0.5, 0.6) is 0 Å². The molecule has 0 spiro atoms. The van der Waals surface area contributed by atoms with Gasteiger partial charge in [0.1, 0.15) is 11.2 Å². The van der Waals surface area contributed by atoms with E-state index in [9.17, 15) is 0 Å². The molecule has 3 nitrogen and oxygen atoms in total. The van der Waals surface area contributed by atoms with Crippen LogP contribution in [0.25, 0.3) is 27.6 Å². The Morgan fingerprint density at radius 2 is 1.60 bits per heavy atom. The molecule has 0 aliphatic carbocycles. The van der Waals surface area contributed by atoms with Crippen LogP contribution >= 0.6 is 0 Å². The number of rotatable bonds is 4. The molecule has 2 atom stereocenters. The summed E-state index contributed by atoms with van der Waals surface area (Å²) in [6.07, 6.45) is 4.53. The quantitative estimate of drug-likeness (QED) is 0.276. The van der Waals surface area contributed by atoms with Crippen molar-refractivity contribution in [2.24, 2.45) is 0 Å². The molecule has 35 heavy (non-hydrogen) atoms. The van der Waals surface area contributed by atoms with Gasteiger partial charge < -0.3 is 0 Å². The first-order valence-electron chi connectivity index (χ1n) is 13.7. The third kappa shape index (κ3) is 3.02. The van der Waals surface area contributed by atoms with Crippen molar-refractivity contribution in [2.75, 3.05) is 0 Å². The molecule has 0 saturated heterocycles. The maximum atomic E-state index is 5.37. The summed E-state index contributed by atoms with van der Waals surface area (Å²) in [5, 5.41) is 1.35. The molecule has 3 heteroatoms. The molecule has 0 saturated carbocycles. The van der Waals surface area contributed by atoms with E-state index in [1.54, 1.807) is 0 Å². The minimum Gasteiger partial charge on any atom is -0.252 e. The fourth-order valence-electron chi connectivity index (χ4n) is 7.08. The van der Waals surface area contributed by atoms with Crippen LogP contribution in [-0.2, 0) is 21.8 Å². The van der Waals surface area contributed by atoms with Gasteiger partial charge in [-0.15, -0.1) is 0 Å². The normalized spacial score (nSPS) is 22.7. The summed E-state index contributed by atoms with van der Waals surface area (Å²) < 4.78 is 5.34. The molecule has 2 unspecified atom stereocenters. The zero-order valence-corrected chi connectivity index (χ0v) is 23.6. The lowest BCUT2D eigenvalue weighted by molar-refractivity contribution is -0.734. The van der Waals surface area contributed by atoms with Crippen LogP contribution in [0.4, 0.5) is 0 Å². The van der Waals surface area contributed by atoms with Crippen LogP contribution in [0.3, 0.4) is 0 Å². The Bertz CT molecular complexity index is 1460. The van der Waals surface area contributed by atoms with E-state index in [1.165, 1.54) is 39.0 Å². The fourth-order valence-corrected chi connectivity index (χ4v) is 7.08. The zero-order chi connectivity index (χ0) is 25.6. The van der Waals surface area contributed by atoms with Crippen molar-refractivity contribution in [1.82, 2.24) is 9.38 Å². The molecule has 1 aliphatic rings. The smallest absolute Gasteiger partial charge is 0.252 e. The van der Waals surface area contributed by atoms with Gasteiger partial charge in [0.2, 0.25) is 0 Å². The van der Waals surface area contributed by atoms with Gasteiger partial charge in [0.05, 0.1) is 10.9 Å². The van der Waals surface area contributed by atoms with E-state index in [0.717, 1.165) is 31.2 Å². The average molecular weight is 471 g/mol. The number of aromatic nitrogens is 3. The Labute approximate surface area is 211 Å². The molecular formula is C32H44N3+. The molecule has 0 amide bonds. The second kappa shape index (κ2) is 7.54.